The summed E-state index contributed by atoms with van der Waals surface area (Å²) in [6.45, 7) is 0.695. The molecule has 2 aromatic rings. The van der Waals surface area contributed by atoms with Gasteiger partial charge < -0.3 is 30.1 Å². The van der Waals surface area contributed by atoms with Crippen LogP contribution in [-0.4, -0.2) is 61.4 Å². The Morgan fingerprint density at radius 1 is 1.07 bits per heavy atom. The van der Waals surface area contributed by atoms with Crippen LogP contribution in [0.25, 0.3) is 0 Å². The van der Waals surface area contributed by atoms with Gasteiger partial charge in [-0.3, -0.25) is 4.79 Å². The number of aliphatic hydroxyl groups excluding tert-OH is 1. The molecule has 0 radical (unpaired) electrons. The van der Waals surface area contributed by atoms with Gasteiger partial charge in [0.2, 0.25) is 0 Å². The van der Waals surface area contributed by atoms with Crippen LogP contribution in [0.2, 0.25) is 0 Å². The van der Waals surface area contributed by atoms with Gasteiger partial charge in [-0.1, -0.05) is 6.07 Å². The third kappa shape index (κ3) is 5.42. The lowest BCUT2D eigenvalue weighted by atomic mass is 10.1. The highest BCUT2D eigenvalue weighted by Gasteiger charge is 2.29. The van der Waals surface area contributed by atoms with Crippen LogP contribution < -0.4 is 20.1 Å². The van der Waals surface area contributed by atoms with E-state index in [-0.39, 0.29) is 18.5 Å². The molecule has 0 saturated carbocycles. The number of urea groups is 1. The third-order valence-corrected chi connectivity index (χ3v) is 5.09. The van der Waals surface area contributed by atoms with E-state index in [1.807, 2.05) is 0 Å². The van der Waals surface area contributed by atoms with Gasteiger partial charge in [0.15, 0.2) is 0 Å². The highest BCUT2D eigenvalue weighted by Crippen LogP contribution is 2.19. The number of benzene rings is 2. The predicted octanol–water partition coefficient (Wildman–Crippen LogP) is 2.49. The number of nitrogens with zero attached hydrogens (tertiary/aromatic N) is 1. The van der Waals surface area contributed by atoms with Gasteiger partial charge in [0.05, 0.1) is 26.4 Å². The van der Waals surface area contributed by atoms with Crippen LogP contribution >= 0.6 is 0 Å². The summed E-state index contributed by atoms with van der Waals surface area (Å²) in [7, 11) is 3.12. The van der Waals surface area contributed by atoms with Gasteiger partial charge in [-0.2, -0.15) is 0 Å². The summed E-state index contributed by atoms with van der Waals surface area (Å²) in [4.78, 5) is 27.0. The van der Waals surface area contributed by atoms with E-state index in [2.05, 4.69) is 10.6 Å². The van der Waals surface area contributed by atoms with Gasteiger partial charge in [-0.05, 0) is 49.2 Å². The standard InChI is InChI=1S/C22H27N3O5/c1-29-17-10-8-15(9-11-17)21(27)24-19-14-25(12-4-7-20(19)26)22(28)23-16-5-3-6-18(13-16)30-2/h3,5-6,8-11,13,19-20,26H,4,7,12,14H2,1-2H3,(H,23,28)(H,24,27). The first kappa shape index (κ1) is 21.4. The minimum Gasteiger partial charge on any atom is -0.497 e. The Morgan fingerprint density at radius 3 is 2.50 bits per heavy atom. The van der Waals surface area contributed by atoms with E-state index in [0.717, 1.165) is 0 Å². The van der Waals surface area contributed by atoms with Crippen LogP contribution in [0.4, 0.5) is 10.5 Å². The summed E-state index contributed by atoms with van der Waals surface area (Å²) < 4.78 is 10.3. The molecular formula is C22H27N3O5. The fourth-order valence-corrected chi connectivity index (χ4v) is 3.37. The number of rotatable bonds is 5. The first-order chi connectivity index (χ1) is 14.5. The van der Waals surface area contributed by atoms with Crippen molar-refractivity contribution in [2.75, 3.05) is 32.6 Å². The van der Waals surface area contributed by atoms with Gasteiger partial charge in [0.1, 0.15) is 11.5 Å². The average molecular weight is 413 g/mol. The van der Waals surface area contributed by atoms with Gasteiger partial charge in [-0.15, -0.1) is 0 Å². The van der Waals surface area contributed by atoms with Crippen molar-refractivity contribution >= 4 is 17.6 Å². The number of carbonyl (C=O) groups is 2. The first-order valence-corrected chi connectivity index (χ1v) is 9.83. The molecule has 1 saturated heterocycles. The second kappa shape index (κ2) is 9.98. The van der Waals surface area contributed by atoms with Crippen molar-refractivity contribution in [3.8, 4) is 11.5 Å². The van der Waals surface area contributed by atoms with Crippen molar-refractivity contribution in [1.29, 1.82) is 0 Å². The molecule has 0 aliphatic carbocycles. The van der Waals surface area contributed by atoms with E-state index in [9.17, 15) is 14.7 Å². The molecule has 30 heavy (non-hydrogen) atoms. The molecule has 2 unspecified atom stereocenters. The number of anilines is 1. The zero-order chi connectivity index (χ0) is 21.5. The SMILES string of the molecule is COc1ccc(C(=O)NC2CN(C(=O)Nc3cccc(OC)c3)CCCC2O)cc1. The highest BCUT2D eigenvalue weighted by atomic mass is 16.5. The molecule has 1 aliphatic heterocycles. The molecule has 1 aliphatic rings. The predicted molar refractivity (Wildman–Crippen MR) is 113 cm³/mol. The minimum absolute atomic E-state index is 0.207. The molecule has 3 rings (SSSR count). The van der Waals surface area contributed by atoms with Crippen molar-refractivity contribution in [3.05, 3.63) is 54.1 Å². The highest BCUT2D eigenvalue weighted by molar-refractivity contribution is 5.94. The average Bonchev–Trinajstić information content (AvgIpc) is 2.95. The molecule has 3 N–H and O–H groups in total. The molecule has 8 nitrogen and oxygen atoms in total. The second-order valence-corrected chi connectivity index (χ2v) is 7.13. The van der Waals surface area contributed by atoms with Gasteiger partial charge >= 0.3 is 6.03 Å². The molecule has 2 atom stereocenters. The Labute approximate surface area is 175 Å². The number of nitrogens with one attached hydrogen (secondary N) is 2. The Hall–Kier alpha value is -3.26. The van der Waals surface area contributed by atoms with E-state index < -0.39 is 12.1 Å². The van der Waals surface area contributed by atoms with Crippen LogP contribution in [0.5, 0.6) is 11.5 Å². The van der Waals surface area contributed by atoms with Crippen LogP contribution in [0.1, 0.15) is 23.2 Å². The Bertz CT molecular complexity index is 871. The summed E-state index contributed by atoms with van der Waals surface area (Å²) in [5, 5.41) is 16.2. The summed E-state index contributed by atoms with van der Waals surface area (Å²) in [6, 6.07) is 12.9. The molecule has 2 aromatic carbocycles. The maximum Gasteiger partial charge on any atom is 0.321 e. The number of carbonyl (C=O) groups excluding carboxylic acids is 2. The van der Waals surface area contributed by atoms with Crippen molar-refractivity contribution in [2.24, 2.45) is 0 Å². The lowest BCUT2D eigenvalue weighted by Gasteiger charge is -2.27. The number of ether oxygens (including phenoxy) is 2. The molecule has 160 valence electrons. The van der Waals surface area contributed by atoms with E-state index >= 15 is 0 Å². The summed E-state index contributed by atoms with van der Waals surface area (Å²) >= 11 is 0. The van der Waals surface area contributed by atoms with E-state index in [0.29, 0.717) is 42.1 Å². The van der Waals surface area contributed by atoms with Crippen molar-refractivity contribution in [3.63, 3.8) is 0 Å². The normalized spacial score (nSPS) is 18.8. The fraction of sp³-hybridized carbons (Fsp3) is 0.364. The lowest BCUT2D eigenvalue weighted by molar-refractivity contribution is 0.0811. The number of aliphatic hydroxyl groups is 1. The van der Waals surface area contributed by atoms with Crippen molar-refractivity contribution in [1.82, 2.24) is 10.2 Å². The van der Waals surface area contributed by atoms with Crippen LogP contribution in [0.15, 0.2) is 48.5 Å². The van der Waals surface area contributed by atoms with Gasteiger partial charge in [0, 0.05) is 30.4 Å². The fourth-order valence-electron chi connectivity index (χ4n) is 3.37. The van der Waals surface area contributed by atoms with Crippen LogP contribution in [0.3, 0.4) is 0 Å². The molecular weight excluding hydrogens is 386 g/mol. The van der Waals surface area contributed by atoms with Crippen molar-refractivity contribution < 1.29 is 24.2 Å². The smallest absolute Gasteiger partial charge is 0.321 e. The van der Waals surface area contributed by atoms with E-state index in [4.69, 9.17) is 9.47 Å². The van der Waals surface area contributed by atoms with Crippen LogP contribution in [-0.2, 0) is 0 Å². The van der Waals surface area contributed by atoms with Crippen molar-refractivity contribution in [2.45, 2.75) is 25.0 Å². The summed E-state index contributed by atoms with van der Waals surface area (Å²) in [6.07, 6.45) is 0.403. The summed E-state index contributed by atoms with van der Waals surface area (Å²) in [5.41, 5.74) is 1.07. The minimum atomic E-state index is -0.734. The number of methoxy groups -OCH3 is 2. The lowest BCUT2D eigenvalue weighted by Crippen LogP contribution is -2.50. The molecule has 0 spiro atoms. The topological polar surface area (TPSA) is 100 Å². The number of hydrogen-bond donors (Lipinski definition) is 3. The molecule has 0 bridgehead atoms. The Kier molecular flexibility index (Phi) is 7.13. The molecule has 0 aromatic heterocycles. The second-order valence-electron chi connectivity index (χ2n) is 7.13. The summed E-state index contributed by atoms with van der Waals surface area (Å²) in [5.74, 6) is 0.988. The Morgan fingerprint density at radius 2 is 1.80 bits per heavy atom. The first-order valence-electron chi connectivity index (χ1n) is 9.83. The number of hydrogen-bond acceptors (Lipinski definition) is 5. The monoisotopic (exact) mass is 413 g/mol. The zero-order valence-corrected chi connectivity index (χ0v) is 17.1. The maximum atomic E-state index is 12.8. The third-order valence-electron chi connectivity index (χ3n) is 5.09. The van der Waals surface area contributed by atoms with Crippen LogP contribution in [0, 0.1) is 0 Å². The van der Waals surface area contributed by atoms with Gasteiger partial charge in [0.25, 0.3) is 5.91 Å². The molecule has 1 heterocycles. The number of amides is 3. The number of likely N-dealkylation sites (tertiary alicyclic amines) is 1. The Balaban J connectivity index is 1.65. The largest absolute Gasteiger partial charge is 0.497 e. The molecule has 8 heteroatoms. The quantitative estimate of drug-likeness (QED) is 0.699. The maximum absolute atomic E-state index is 12.8. The van der Waals surface area contributed by atoms with E-state index in [1.165, 1.54) is 0 Å². The van der Waals surface area contributed by atoms with Gasteiger partial charge in [-0.25, -0.2) is 4.79 Å². The molecule has 1 fully saturated rings. The molecule has 3 amide bonds. The zero-order valence-electron chi connectivity index (χ0n) is 17.1. The van der Waals surface area contributed by atoms with E-state index in [1.54, 1.807) is 67.7 Å².